The minimum Gasteiger partial charge on any atom is -0.481 e. The molecule has 8 heteroatoms. The molecular weight excluding hydrogens is 340 g/mol. The number of nitriles is 1. The predicted molar refractivity (Wildman–Crippen MR) is 82.3 cm³/mol. The molecule has 2 atom stereocenters. The molecule has 1 saturated heterocycles. The molecule has 1 heterocycles. The maximum Gasteiger partial charge on any atom is 0.311 e. The van der Waals surface area contributed by atoms with Crippen LogP contribution in [0.5, 0.6) is 0 Å². The normalized spacial score (nSPS) is 27.6. The second-order valence-corrected chi connectivity index (χ2v) is 8.44. The van der Waals surface area contributed by atoms with Crippen LogP contribution in [0, 0.1) is 22.7 Å². The van der Waals surface area contributed by atoms with Gasteiger partial charge in [0.25, 0.3) is 0 Å². The molecule has 1 aliphatic carbocycles. The van der Waals surface area contributed by atoms with Crippen LogP contribution in [0.4, 0.5) is 0 Å². The predicted octanol–water partition coefficient (Wildman–Crippen LogP) is 2.09. The van der Waals surface area contributed by atoms with E-state index < -0.39 is 21.4 Å². The highest BCUT2D eigenvalue weighted by Crippen LogP contribution is 2.50. The second kappa shape index (κ2) is 5.48. The summed E-state index contributed by atoms with van der Waals surface area (Å²) in [5.41, 5.74) is -1.02. The Labute approximate surface area is 139 Å². The first-order valence-corrected chi connectivity index (χ1v) is 9.06. The lowest BCUT2D eigenvalue weighted by Gasteiger charge is -2.23. The number of hydrogen-bond donors (Lipinski definition) is 1. The average molecular weight is 355 g/mol. The van der Waals surface area contributed by atoms with Gasteiger partial charge in [-0.3, -0.25) is 4.79 Å². The topological polar surface area (TPSA) is 98.5 Å². The number of halogens is 1. The molecule has 1 aliphatic heterocycles. The molecule has 0 spiro atoms. The molecule has 1 N–H and O–H groups in total. The summed E-state index contributed by atoms with van der Waals surface area (Å²) in [5, 5.41) is 19.0. The minimum absolute atomic E-state index is 0.0288. The Bertz CT molecular complexity index is 817. The van der Waals surface area contributed by atoms with Crippen LogP contribution in [0.3, 0.4) is 0 Å². The van der Waals surface area contributed by atoms with Crippen molar-refractivity contribution in [2.45, 2.75) is 24.2 Å². The van der Waals surface area contributed by atoms with E-state index in [4.69, 9.17) is 16.9 Å². The van der Waals surface area contributed by atoms with Gasteiger partial charge in [-0.1, -0.05) is 18.0 Å². The molecule has 0 aromatic heterocycles. The van der Waals surface area contributed by atoms with Gasteiger partial charge in [-0.15, -0.1) is 0 Å². The van der Waals surface area contributed by atoms with Crippen LogP contribution >= 0.6 is 11.6 Å². The Hall–Kier alpha value is -1.62. The van der Waals surface area contributed by atoms with Gasteiger partial charge in [0.2, 0.25) is 10.0 Å². The number of carboxylic acid groups (broad SMARTS) is 1. The number of carboxylic acids is 1. The second-order valence-electron chi connectivity index (χ2n) is 6.10. The first-order valence-electron chi connectivity index (χ1n) is 7.24. The monoisotopic (exact) mass is 354 g/mol. The van der Waals surface area contributed by atoms with E-state index in [9.17, 15) is 18.3 Å². The fourth-order valence-electron chi connectivity index (χ4n) is 3.73. The standard InChI is InChI=1S/C15H15ClN2O4S/c16-12-3-4-13(10(6-12)7-17)23(21,22)18-8-11-2-1-5-15(11,9-18)14(19)20/h3-4,6,11H,1-2,5,8-9H2,(H,19,20)/t11-,15+/m0/s1. The number of hydrogen-bond acceptors (Lipinski definition) is 4. The summed E-state index contributed by atoms with van der Waals surface area (Å²) >= 11 is 5.81. The van der Waals surface area contributed by atoms with Crippen molar-refractivity contribution in [3.05, 3.63) is 28.8 Å². The molecule has 0 amide bonds. The quantitative estimate of drug-likeness (QED) is 0.896. The summed E-state index contributed by atoms with van der Waals surface area (Å²) in [6.07, 6.45) is 2.00. The number of rotatable bonds is 3. The van der Waals surface area contributed by atoms with Crippen molar-refractivity contribution >= 4 is 27.6 Å². The van der Waals surface area contributed by atoms with Gasteiger partial charge >= 0.3 is 5.97 Å². The Balaban J connectivity index is 2.00. The van der Waals surface area contributed by atoms with Crippen molar-refractivity contribution in [2.75, 3.05) is 13.1 Å². The number of fused-ring (bicyclic) bond motifs is 1. The summed E-state index contributed by atoms with van der Waals surface area (Å²) in [4.78, 5) is 11.6. The van der Waals surface area contributed by atoms with E-state index >= 15 is 0 Å². The highest BCUT2D eigenvalue weighted by atomic mass is 35.5. The van der Waals surface area contributed by atoms with Crippen LogP contribution in [0.1, 0.15) is 24.8 Å². The van der Waals surface area contributed by atoms with Crippen molar-refractivity contribution in [1.82, 2.24) is 4.31 Å². The highest BCUT2D eigenvalue weighted by molar-refractivity contribution is 7.89. The van der Waals surface area contributed by atoms with Crippen LogP contribution in [0.25, 0.3) is 0 Å². The smallest absolute Gasteiger partial charge is 0.311 e. The lowest BCUT2D eigenvalue weighted by atomic mass is 9.81. The molecule has 1 aromatic rings. The molecule has 23 heavy (non-hydrogen) atoms. The number of nitrogens with zero attached hydrogens (tertiary/aromatic N) is 2. The van der Waals surface area contributed by atoms with Gasteiger partial charge in [-0.2, -0.15) is 9.57 Å². The molecular formula is C15H15ClN2O4S. The van der Waals surface area contributed by atoms with Crippen LogP contribution < -0.4 is 0 Å². The van der Waals surface area contributed by atoms with Gasteiger partial charge in [0, 0.05) is 18.1 Å². The zero-order valence-corrected chi connectivity index (χ0v) is 13.8. The summed E-state index contributed by atoms with van der Waals surface area (Å²) in [6, 6.07) is 5.87. The van der Waals surface area contributed by atoms with Crippen molar-refractivity contribution < 1.29 is 18.3 Å². The fraction of sp³-hybridized carbons (Fsp3) is 0.467. The van der Waals surface area contributed by atoms with Crippen LogP contribution in [-0.2, 0) is 14.8 Å². The van der Waals surface area contributed by atoms with Crippen molar-refractivity contribution in [3.63, 3.8) is 0 Å². The van der Waals surface area contributed by atoms with Gasteiger partial charge in [0.1, 0.15) is 11.0 Å². The van der Waals surface area contributed by atoms with E-state index in [0.717, 1.165) is 6.42 Å². The third kappa shape index (κ3) is 2.42. The van der Waals surface area contributed by atoms with Gasteiger partial charge < -0.3 is 5.11 Å². The summed E-state index contributed by atoms with van der Waals surface area (Å²) in [5.74, 6) is -1.11. The van der Waals surface area contributed by atoms with Gasteiger partial charge in [0.05, 0.1) is 11.0 Å². The molecule has 3 rings (SSSR count). The number of aliphatic carboxylic acids is 1. The van der Waals surface area contributed by atoms with Crippen molar-refractivity contribution in [2.24, 2.45) is 11.3 Å². The zero-order valence-electron chi connectivity index (χ0n) is 12.2. The van der Waals surface area contributed by atoms with Crippen LogP contribution in [0.2, 0.25) is 5.02 Å². The van der Waals surface area contributed by atoms with Crippen molar-refractivity contribution in [1.29, 1.82) is 5.26 Å². The Morgan fingerprint density at radius 2 is 2.22 bits per heavy atom. The van der Waals surface area contributed by atoms with Crippen LogP contribution in [0.15, 0.2) is 23.1 Å². The largest absolute Gasteiger partial charge is 0.481 e. The van der Waals surface area contributed by atoms with E-state index in [0.29, 0.717) is 12.8 Å². The molecule has 122 valence electrons. The van der Waals surface area contributed by atoms with E-state index in [2.05, 4.69) is 0 Å². The molecule has 0 unspecified atom stereocenters. The average Bonchev–Trinajstić information content (AvgIpc) is 3.04. The van der Waals surface area contributed by atoms with Gasteiger partial charge in [-0.25, -0.2) is 8.42 Å². The molecule has 2 fully saturated rings. The zero-order chi connectivity index (χ0) is 16.8. The molecule has 1 saturated carbocycles. The van der Waals surface area contributed by atoms with E-state index in [-0.39, 0.29) is 34.5 Å². The van der Waals surface area contributed by atoms with Gasteiger partial charge in [0.15, 0.2) is 0 Å². The maximum atomic E-state index is 12.9. The molecule has 2 aliphatic rings. The molecule has 0 radical (unpaired) electrons. The lowest BCUT2D eigenvalue weighted by Crippen LogP contribution is -2.37. The molecule has 0 bridgehead atoms. The fourth-order valence-corrected chi connectivity index (χ4v) is 5.58. The SMILES string of the molecule is N#Cc1cc(Cl)ccc1S(=O)(=O)N1C[C@@H]2CCC[C@@]2(C(=O)O)C1. The minimum atomic E-state index is -3.92. The first-order chi connectivity index (χ1) is 10.8. The number of carbonyl (C=O) groups is 1. The number of sulfonamides is 1. The summed E-state index contributed by atoms with van der Waals surface area (Å²) < 4.78 is 26.9. The summed E-state index contributed by atoms with van der Waals surface area (Å²) in [7, 11) is -3.92. The molecule has 1 aromatic carbocycles. The molecule has 6 nitrogen and oxygen atoms in total. The Kier molecular flexibility index (Phi) is 3.87. The third-order valence-electron chi connectivity index (χ3n) is 4.95. The van der Waals surface area contributed by atoms with E-state index in [1.54, 1.807) is 0 Å². The lowest BCUT2D eigenvalue weighted by molar-refractivity contribution is -0.149. The Morgan fingerprint density at radius 1 is 1.48 bits per heavy atom. The van der Waals surface area contributed by atoms with Crippen molar-refractivity contribution in [3.8, 4) is 6.07 Å². The van der Waals surface area contributed by atoms with Gasteiger partial charge in [-0.05, 0) is 37.0 Å². The summed E-state index contributed by atoms with van der Waals surface area (Å²) in [6.45, 7) is 0.144. The van der Waals surface area contributed by atoms with Crippen LogP contribution in [-0.4, -0.2) is 36.9 Å². The van der Waals surface area contributed by atoms with E-state index in [1.807, 2.05) is 6.07 Å². The first kappa shape index (κ1) is 16.2. The maximum absolute atomic E-state index is 12.9. The number of benzene rings is 1. The van der Waals surface area contributed by atoms with E-state index in [1.165, 1.54) is 22.5 Å². The third-order valence-corrected chi connectivity index (χ3v) is 7.05. The highest BCUT2D eigenvalue weighted by Gasteiger charge is 2.57. The Morgan fingerprint density at radius 3 is 2.83 bits per heavy atom.